The molecule has 0 amide bonds. The Balaban J connectivity index is 2.01. The van der Waals surface area contributed by atoms with Gasteiger partial charge >= 0.3 is 0 Å². The fourth-order valence-electron chi connectivity index (χ4n) is 5.39. The number of rotatable bonds is 1. The fraction of sp³-hybridized carbons (Fsp3) is 0.800. The molecular weight excluding hydrogens is 256 g/mol. The minimum absolute atomic E-state index is 0.0853. The first-order chi connectivity index (χ1) is 9.78. The van der Waals surface area contributed by atoms with Crippen molar-refractivity contribution in [3.05, 3.63) is 23.3 Å². The second-order valence-corrected chi connectivity index (χ2v) is 8.80. The molecule has 0 aliphatic heterocycles. The number of fused-ring (bicyclic) bond motifs is 3. The van der Waals surface area contributed by atoms with Crippen LogP contribution in [0.2, 0.25) is 0 Å². The second kappa shape index (κ2) is 4.98. The highest BCUT2D eigenvalue weighted by Gasteiger charge is 2.57. The van der Waals surface area contributed by atoms with Gasteiger partial charge in [0, 0.05) is 5.41 Å². The monoisotopic (exact) mass is 288 g/mol. The van der Waals surface area contributed by atoms with Crippen LogP contribution in [0.5, 0.6) is 0 Å². The molecule has 3 aliphatic rings. The van der Waals surface area contributed by atoms with Gasteiger partial charge in [0.05, 0.1) is 6.10 Å². The molecule has 1 fully saturated rings. The normalized spacial score (nSPS) is 46.5. The van der Waals surface area contributed by atoms with Crippen molar-refractivity contribution in [1.82, 2.24) is 0 Å². The number of hydrogen-bond donors (Lipinski definition) is 1. The van der Waals surface area contributed by atoms with Crippen LogP contribution >= 0.6 is 0 Å². The quantitative estimate of drug-likeness (QED) is 0.665. The van der Waals surface area contributed by atoms with E-state index in [9.17, 15) is 5.11 Å². The Morgan fingerprint density at radius 1 is 1.24 bits per heavy atom. The van der Waals surface area contributed by atoms with Gasteiger partial charge in [-0.25, -0.2) is 0 Å². The van der Waals surface area contributed by atoms with Crippen molar-refractivity contribution < 1.29 is 5.11 Å². The summed E-state index contributed by atoms with van der Waals surface area (Å²) in [7, 11) is 0. The lowest BCUT2D eigenvalue weighted by molar-refractivity contribution is -0.0619. The average molecular weight is 288 g/mol. The molecule has 0 bridgehead atoms. The van der Waals surface area contributed by atoms with E-state index in [4.69, 9.17) is 0 Å². The van der Waals surface area contributed by atoms with Gasteiger partial charge in [0.2, 0.25) is 0 Å². The Morgan fingerprint density at radius 2 is 1.95 bits per heavy atom. The van der Waals surface area contributed by atoms with Gasteiger partial charge < -0.3 is 5.11 Å². The molecule has 0 aromatic carbocycles. The Labute approximate surface area is 130 Å². The standard InChI is InChI=1S/C20H32O/c1-13(2)15-12-17(21)20(5)11-10-19(4)9-8-14(3)6-7-16(19)18(15)20/h8,12-13,16-18,21H,6-7,9-11H2,1-5H3/t16-,17-,18+,19+,20+/m1/s1. The maximum absolute atomic E-state index is 10.7. The van der Waals surface area contributed by atoms with Crippen LogP contribution in [0.15, 0.2) is 23.3 Å². The first kappa shape index (κ1) is 15.3. The summed E-state index contributed by atoms with van der Waals surface area (Å²) in [5.74, 6) is 1.88. The lowest BCUT2D eigenvalue weighted by Gasteiger charge is -2.54. The summed E-state index contributed by atoms with van der Waals surface area (Å²) >= 11 is 0. The molecule has 0 saturated heterocycles. The van der Waals surface area contributed by atoms with E-state index in [1.807, 2.05) is 0 Å². The molecule has 0 heterocycles. The molecule has 0 aromatic heterocycles. The molecule has 0 aromatic rings. The molecule has 0 spiro atoms. The zero-order valence-corrected chi connectivity index (χ0v) is 14.4. The molecule has 0 unspecified atom stereocenters. The van der Waals surface area contributed by atoms with Gasteiger partial charge in [-0.05, 0) is 62.2 Å². The summed E-state index contributed by atoms with van der Waals surface area (Å²) in [5.41, 5.74) is 3.63. The zero-order valence-electron chi connectivity index (χ0n) is 14.4. The van der Waals surface area contributed by atoms with Crippen molar-refractivity contribution in [2.75, 3.05) is 0 Å². The maximum Gasteiger partial charge on any atom is 0.0783 e. The van der Waals surface area contributed by atoms with E-state index in [1.54, 1.807) is 11.1 Å². The molecule has 21 heavy (non-hydrogen) atoms. The predicted molar refractivity (Wildman–Crippen MR) is 89.0 cm³/mol. The van der Waals surface area contributed by atoms with Crippen LogP contribution in [-0.2, 0) is 0 Å². The molecule has 1 N–H and O–H groups in total. The van der Waals surface area contributed by atoms with Gasteiger partial charge in [-0.1, -0.05) is 51.0 Å². The highest BCUT2D eigenvalue weighted by Crippen LogP contribution is 2.63. The molecule has 0 radical (unpaired) electrons. The molecule has 118 valence electrons. The van der Waals surface area contributed by atoms with E-state index in [2.05, 4.69) is 46.8 Å². The SMILES string of the molecule is CC1=CC[C@@]2(C)CC[C@@]3(C)[C@H](O)C=C(C(C)C)[C@H]3[C@H]2CC1. The molecule has 1 nitrogen and oxygen atoms in total. The first-order valence-corrected chi connectivity index (χ1v) is 8.83. The van der Waals surface area contributed by atoms with Crippen molar-refractivity contribution >= 4 is 0 Å². The summed E-state index contributed by atoms with van der Waals surface area (Å²) in [6, 6.07) is 0. The van der Waals surface area contributed by atoms with E-state index < -0.39 is 0 Å². The summed E-state index contributed by atoms with van der Waals surface area (Å²) < 4.78 is 0. The number of aliphatic hydroxyl groups excluding tert-OH is 1. The van der Waals surface area contributed by atoms with Gasteiger partial charge in [-0.3, -0.25) is 0 Å². The third kappa shape index (κ3) is 2.23. The Kier molecular flexibility index (Phi) is 3.64. The number of allylic oxidation sites excluding steroid dienone is 3. The molecule has 1 saturated carbocycles. The van der Waals surface area contributed by atoms with Crippen LogP contribution in [-0.4, -0.2) is 11.2 Å². The molecule has 3 rings (SSSR count). The minimum Gasteiger partial charge on any atom is -0.388 e. The van der Waals surface area contributed by atoms with E-state index in [0.29, 0.717) is 17.3 Å². The van der Waals surface area contributed by atoms with Crippen LogP contribution in [0, 0.1) is 28.6 Å². The van der Waals surface area contributed by atoms with Crippen LogP contribution in [0.4, 0.5) is 0 Å². The van der Waals surface area contributed by atoms with Crippen molar-refractivity contribution in [2.45, 2.75) is 72.8 Å². The van der Waals surface area contributed by atoms with Crippen LogP contribution < -0.4 is 0 Å². The predicted octanol–water partition coefficient (Wildman–Crippen LogP) is 5.11. The second-order valence-electron chi connectivity index (χ2n) is 8.80. The summed E-state index contributed by atoms with van der Waals surface area (Å²) in [6.07, 6.45) is 10.7. The maximum atomic E-state index is 10.7. The lowest BCUT2D eigenvalue weighted by Crippen LogP contribution is -2.49. The van der Waals surface area contributed by atoms with Crippen molar-refractivity contribution in [2.24, 2.45) is 28.6 Å². The zero-order chi connectivity index (χ0) is 15.4. The van der Waals surface area contributed by atoms with E-state index >= 15 is 0 Å². The first-order valence-electron chi connectivity index (χ1n) is 8.83. The third-order valence-corrected chi connectivity index (χ3v) is 7.06. The van der Waals surface area contributed by atoms with E-state index in [-0.39, 0.29) is 11.5 Å². The fourth-order valence-corrected chi connectivity index (χ4v) is 5.39. The van der Waals surface area contributed by atoms with Gasteiger partial charge in [-0.2, -0.15) is 0 Å². The Hall–Kier alpha value is -0.560. The summed E-state index contributed by atoms with van der Waals surface area (Å²) in [5, 5.41) is 10.7. The third-order valence-electron chi connectivity index (χ3n) is 7.06. The summed E-state index contributed by atoms with van der Waals surface area (Å²) in [4.78, 5) is 0. The highest BCUT2D eigenvalue weighted by atomic mass is 16.3. The van der Waals surface area contributed by atoms with Crippen molar-refractivity contribution in [1.29, 1.82) is 0 Å². The van der Waals surface area contributed by atoms with E-state index in [1.165, 1.54) is 32.1 Å². The Bertz CT molecular complexity index is 486. The number of aliphatic hydroxyl groups is 1. The van der Waals surface area contributed by atoms with E-state index in [0.717, 1.165) is 5.92 Å². The average Bonchev–Trinajstić information content (AvgIpc) is 2.59. The van der Waals surface area contributed by atoms with Crippen molar-refractivity contribution in [3.63, 3.8) is 0 Å². The van der Waals surface area contributed by atoms with Gasteiger partial charge in [0.15, 0.2) is 0 Å². The van der Waals surface area contributed by atoms with Gasteiger partial charge in [0.1, 0.15) is 0 Å². The minimum atomic E-state index is -0.234. The van der Waals surface area contributed by atoms with Gasteiger partial charge in [-0.15, -0.1) is 0 Å². The largest absolute Gasteiger partial charge is 0.388 e. The molecular formula is C20H32O. The van der Waals surface area contributed by atoms with Gasteiger partial charge in [0.25, 0.3) is 0 Å². The van der Waals surface area contributed by atoms with Crippen molar-refractivity contribution in [3.8, 4) is 0 Å². The molecule has 1 heteroatoms. The molecule has 5 atom stereocenters. The van der Waals surface area contributed by atoms with Crippen LogP contribution in [0.3, 0.4) is 0 Å². The molecule has 3 aliphatic carbocycles. The lowest BCUT2D eigenvalue weighted by atomic mass is 9.51. The van der Waals surface area contributed by atoms with Crippen LogP contribution in [0.1, 0.15) is 66.7 Å². The smallest absolute Gasteiger partial charge is 0.0783 e. The number of hydrogen-bond acceptors (Lipinski definition) is 1. The highest BCUT2D eigenvalue weighted by molar-refractivity contribution is 5.29. The topological polar surface area (TPSA) is 20.2 Å². The summed E-state index contributed by atoms with van der Waals surface area (Å²) in [6.45, 7) is 11.8. The van der Waals surface area contributed by atoms with Crippen LogP contribution in [0.25, 0.3) is 0 Å². The Morgan fingerprint density at radius 3 is 2.62 bits per heavy atom.